The molecule has 1 aliphatic heterocycles. The number of nitrogens with zero attached hydrogens (tertiary/aromatic N) is 3. The number of carbonyl (C=O) groups excluding carboxylic acids is 1. The molecule has 0 saturated carbocycles. The molecule has 0 spiro atoms. The summed E-state index contributed by atoms with van der Waals surface area (Å²) >= 11 is 0. The lowest BCUT2D eigenvalue weighted by atomic mass is 10.2. The Bertz CT molecular complexity index is 217. The topological polar surface area (TPSA) is 23.6 Å². The van der Waals surface area contributed by atoms with Gasteiger partial charge in [-0.15, -0.1) is 0 Å². The van der Waals surface area contributed by atoms with E-state index >= 15 is 0 Å². The highest BCUT2D eigenvalue weighted by Crippen LogP contribution is 2.14. The van der Waals surface area contributed by atoms with Crippen molar-refractivity contribution >= 4 is 5.78 Å². The largest absolute Gasteiger partial charge is 0.299 e. The van der Waals surface area contributed by atoms with E-state index in [0.29, 0.717) is 6.54 Å². The first-order valence-electron chi connectivity index (χ1n) is 5.18. The molecule has 1 aliphatic rings. The van der Waals surface area contributed by atoms with Crippen molar-refractivity contribution < 1.29 is 9.39 Å². The van der Waals surface area contributed by atoms with Crippen LogP contribution in [0, 0.1) is 0 Å². The number of rotatable bonds is 3. The normalized spacial score (nSPS) is 29.5. The van der Waals surface area contributed by atoms with E-state index in [-0.39, 0.29) is 5.78 Å². The molecule has 1 rings (SSSR count). The van der Waals surface area contributed by atoms with E-state index in [4.69, 9.17) is 0 Å². The molecule has 0 aromatic rings. The van der Waals surface area contributed by atoms with Crippen LogP contribution in [-0.4, -0.2) is 67.7 Å². The zero-order valence-corrected chi connectivity index (χ0v) is 9.79. The Morgan fingerprint density at radius 2 is 2.14 bits per heavy atom. The van der Waals surface area contributed by atoms with Crippen LogP contribution in [0.2, 0.25) is 0 Å². The third-order valence-electron chi connectivity index (χ3n) is 3.03. The molecule has 4 heteroatoms. The van der Waals surface area contributed by atoms with Crippen molar-refractivity contribution in [1.29, 1.82) is 0 Å². The van der Waals surface area contributed by atoms with Gasteiger partial charge in [0.25, 0.3) is 0 Å². The molecule has 0 aromatic carbocycles. The van der Waals surface area contributed by atoms with Gasteiger partial charge in [0, 0.05) is 27.1 Å². The average Bonchev–Trinajstić information content (AvgIpc) is 2.02. The first kappa shape index (κ1) is 11.6. The highest BCUT2D eigenvalue weighted by molar-refractivity contribution is 5.77. The van der Waals surface area contributed by atoms with Crippen molar-refractivity contribution in [2.24, 2.45) is 0 Å². The van der Waals surface area contributed by atoms with Crippen LogP contribution in [0.25, 0.3) is 0 Å². The second-order valence-corrected chi connectivity index (χ2v) is 4.66. The number of carbonyl (C=O) groups is 1. The molecule has 0 aliphatic carbocycles. The quantitative estimate of drug-likeness (QED) is 0.606. The third-order valence-corrected chi connectivity index (χ3v) is 3.03. The molecule has 1 saturated heterocycles. The SMILES string of the molecule is CC(=O)CN1CCC[N+](C)(N(C)C)C1. The maximum absolute atomic E-state index is 11.0. The predicted molar refractivity (Wildman–Crippen MR) is 56.5 cm³/mol. The van der Waals surface area contributed by atoms with Crippen molar-refractivity contribution in [3.8, 4) is 0 Å². The monoisotopic (exact) mass is 200 g/mol. The van der Waals surface area contributed by atoms with Crippen LogP contribution >= 0.6 is 0 Å². The van der Waals surface area contributed by atoms with Gasteiger partial charge in [0.1, 0.15) is 5.78 Å². The summed E-state index contributed by atoms with van der Waals surface area (Å²) in [5.74, 6) is 0.261. The zero-order chi connectivity index (χ0) is 10.8. The smallest absolute Gasteiger partial charge is 0.153 e. The summed E-state index contributed by atoms with van der Waals surface area (Å²) in [6.45, 7) is 5.44. The molecule has 0 amide bonds. The van der Waals surface area contributed by atoms with Gasteiger partial charge in [-0.05, 0) is 6.92 Å². The number of hydrogen-bond donors (Lipinski definition) is 0. The molecular weight excluding hydrogens is 178 g/mol. The molecular formula is C10H22N3O+. The Morgan fingerprint density at radius 3 is 2.64 bits per heavy atom. The summed E-state index contributed by atoms with van der Waals surface area (Å²) in [7, 11) is 6.40. The van der Waals surface area contributed by atoms with Crippen molar-refractivity contribution in [3.63, 3.8) is 0 Å². The Kier molecular flexibility index (Phi) is 3.64. The molecule has 4 nitrogen and oxygen atoms in total. The number of ketones is 1. The van der Waals surface area contributed by atoms with E-state index < -0.39 is 0 Å². The summed E-state index contributed by atoms with van der Waals surface area (Å²) in [6, 6.07) is 0. The maximum atomic E-state index is 11.0. The fraction of sp³-hybridized carbons (Fsp3) is 0.900. The standard InChI is InChI=1S/C10H22N3O/c1-10(14)8-12-6-5-7-13(4,9-12)11(2)3/h5-9H2,1-4H3/q+1. The minimum Gasteiger partial charge on any atom is -0.299 e. The molecule has 1 atom stereocenters. The van der Waals surface area contributed by atoms with E-state index in [1.807, 2.05) is 0 Å². The molecule has 0 N–H and O–H groups in total. The van der Waals surface area contributed by atoms with Crippen LogP contribution in [0.3, 0.4) is 0 Å². The molecule has 1 unspecified atom stereocenters. The minimum absolute atomic E-state index is 0.261. The predicted octanol–water partition coefficient (Wildman–Crippen LogP) is 0.162. The molecule has 1 fully saturated rings. The Labute approximate surface area is 86.6 Å². The van der Waals surface area contributed by atoms with Gasteiger partial charge in [-0.2, -0.15) is 5.01 Å². The van der Waals surface area contributed by atoms with E-state index in [0.717, 1.165) is 17.8 Å². The van der Waals surface area contributed by atoms with Crippen LogP contribution in [0.4, 0.5) is 0 Å². The second kappa shape index (κ2) is 4.38. The lowest BCUT2D eigenvalue weighted by Gasteiger charge is -2.45. The first-order valence-corrected chi connectivity index (χ1v) is 5.18. The lowest BCUT2D eigenvalue weighted by Crippen LogP contribution is -2.63. The summed E-state index contributed by atoms with van der Waals surface area (Å²) in [5.41, 5.74) is 0. The van der Waals surface area contributed by atoms with Gasteiger partial charge in [-0.1, -0.05) is 0 Å². The van der Waals surface area contributed by atoms with E-state index in [1.54, 1.807) is 6.92 Å². The van der Waals surface area contributed by atoms with Gasteiger partial charge in [-0.3, -0.25) is 4.79 Å². The Hall–Kier alpha value is -0.450. The van der Waals surface area contributed by atoms with E-state index in [9.17, 15) is 4.79 Å². The van der Waals surface area contributed by atoms with Crippen molar-refractivity contribution in [3.05, 3.63) is 0 Å². The number of quaternary nitrogens is 1. The Morgan fingerprint density at radius 1 is 1.50 bits per heavy atom. The number of hydrogen-bond acceptors (Lipinski definition) is 3. The fourth-order valence-corrected chi connectivity index (χ4v) is 1.98. The lowest BCUT2D eigenvalue weighted by molar-refractivity contribution is -1.02. The van der Waals surface area contributed by atoms with Crippen LogP contribution < -0.4 is 0 Å². The van der Waals surface area contributed by atoms with Gasteiger partial charge in [0.2, 0.25) is 0 Å². The first-order chi connectivity index (χ1) is 6.44. The summed E-state index contributed by atoms with van der Waals surface area (Å²) in [4.78, 5) is 13.3. The highest BCUT2D eigenvalue weighted by atomic mass is 16.1. The zero-order valence-electron chi connectivity index (χ0n) is 9.79. The van der Waals surface area contributed by atoms with Crippen molar-refractivity contribution in [1.82, 2.24) is 9.91 Å². The van der Waals surface area contributed by atoms with Crippen LogP contribution in [0.15, 0.2) is 0 Å². The number of Topliss-reactive ketones (excluding diaryl/α,β-unsaturated/α-hetero) is 1. The van der Waals surface area contributed by atoms with E-state index in [1.165, 1.54) is 13.0 Å². The molecule has 0 radical (unpaired) electrons. The maximum Gasteiger partial charge on any atom is 0.153 e. The summed E-state index contributed by atoms with van der Waals surface area (Å²) < 4.78 is 0.910. The Balaban J connectivity index is 2.55. The summed E-state index contributed by atoms with van der Waals surface area (Å²) in [5, 5.41) is 2.21. The van der Waals surface area contributed by atoms with E-state index in [2.05, 4.69) is 31.1 Å². The summed E-state index contributed by atoms with van der Waals surface area (Å²) in [6.07, 6.45) is 1.17. The van der Waals surface area contributed by atoms with Crippen LogP contribution in [0.5, 0.6) is 0 Å². The van der Waals surface area contributed by atoms with Gasteiger partial charge in [0.15, 0.2) is 6.67 Å². The van der Waals surface area contributed by atoms with Crippen LogP contribution in [0.1, 0.15) is 13.3 Å². The third kappa shape index (κ3) is 2.77. The van der Waals surface area contributed by atoms with Gasteiger partial charge < -0.3 is 0 Å². The molecule has 0 bridgehead atoms. The minimum atomic E-state index is 0.261. The van der Waals surface area contributed by atoms with Crippen molar-refractivity contribution in [2.75, 3.05) is 47.4 Å². The second-order valence-electron chi connectivity index (χ2n) is 4.66. The van der Waals surface area contributed by atoms with Crippen molar-refractivity contribution in [2.45, 2.75) is 13.3 Å². The molecule has 82 valence electrons. The molecule has 1 heterocycles. The van der Waals surface area contributed by atoms with Crippen LogP contribution in [-0.2, 0) is 4.79 Å². The molecule has 0 aromatic heterocycles. The van der Waals surface area contributed by atoms with Gasteiger partial charge in [0.05, 0.1) is 20.1 Å². The van der Waals surface area contributed by atoms with Gasteiger partial charge in [-0.25, -0.2) is 9.49 Å². The average molecular weight is 200 g/mol. The fourth-order valence-electron chi connectivity index (χ4n) is 1.98. The van der Waals surface area contributed by atoms with Gasteiger partial charge >= 0.3 is 0 Å². The molecule has 14 heavy (non-hydrogen) atoms. The highest BCUT2D eigenvalue weighted by Gasteiger charge is 2.32.